The predicted molar refractivity (Wildman–Crippen MR) is 58.7 cm³/mol. The van der Waals surface area contributed by atoms with Gasteiger partial charge in [0.1, 0.15) is 0 Å². The Hall–Kier alpha value is -0.530. The third kappa shape index (κ3) is 2.10. The second-order valence-corrected chi connectivity index (χ2v) is 5.09. The van der Waals surface area contributed by atoms with Crippen molar-refractivity contribution in [2.45, 2.75) is 52.9 Å². The lowest BCUT2D eigenvalue weighted by Crippen LogP contribution is -2.41. The molecular formula is C12H23NO. The van der Waals surface area contributed by atoms with Crippen LogP contribution < -0.4 is 5.73 Å². The molecule has 2 nitrogen and oxygen atoms in total. The van der Waals surface area contributed by atoms with E-state index in [0.717, 1.165) is 12.3 Å². The van der Waals surface area contributed by atoms with Crippen LogP contribution in [0.1, 0.15) is 52.9 Å². The molecule has 1 fully saturated rings. The van der Waals surface area contributed by atoms with E-state index in [1.54, 1.807) is 0 Å². The Morgan fingerprint density at radius 3 is 2.21 bits per heavy atom. The van der Waals surface area contributed by atoms with Gasteiger partial charge in [0, 0.05) is 5.41 Å². The minimum absolute atomic E-state index is 0.112. The summed E-state index contributed by atoms with van der Waals surface area (Å²) < 4.78 is 0. The highest BCUT2D eigenvalue weighted by Gasteiger charge is 2.39. The lowest BCUT2D eigenvalue weighted by molar-refractivity contribution is -0.131. The van der Waals surface area contributed by atoms with Gasteiger partial charge in [0.05, 0.1) is 0 Å². The van der Waals surface area contributed by atoms with Crippen LogP contribution in [0.2, 0.25) is 0 Å². The predicted octanol–water partition coefficient (Wildman–Crippen LogP) is 2.71. The van der Waals surface area contributed by atoms with Gasteiger partial charge in [-0.25, -0.2) is 0 Å². The Morgan fingerprint density at radius 1 is 1.36 bits per heavy atom. The Morgan fingerprint density at radius 2 is 1.86 bits per heavy atom. The molecule has 0 spiro atoms. The number of amides is 1. The molecule has 2 heteroatoms. The van der Waals surface area contributed by atoms with Gasteiger partial charge in [-0.2, -0.15) is 0 Å². The highest BCUT2D eigenvalue weighted by molar-refractivity contribution is 5.80. The first-order valence-electron chi connectivity index (χ1n) is 5.80. The number of primary amides is 1. The maximum absolute atomic E-state index is 11.5. The van der Waals surface area contributed by atoms with Crippen LogP contribution in [-0.2, 0) is 4.79 Å². The van der Waals surface area contributed by atoms with E-state index in [-0.39, 0.29) is 11.3 Å². The first-order valence-corrected chi connectivity index (χ1v) is 5.80. The topological polar surface area (TPSA) is 43.1 Å². The van der Waals surface area contributed by atoms with Gasteiger partial charge in [-0.15, -0.1) is 0 Å². The molecule has 0 aromatic carbocycles. The second kappa shape index (κ2) is 4.33. The third-order valence-corrected chi connectivity index (χ3v) is 4.21. The average molecular weight is 197 g/mol. The first-order chi connectivity index (χ1) is 6.50. The summed E-state index contributed by atoms with van der Waals surface area (Å²) >= 11 is 0. The molecule has 0 aromatic heterocycles. The standard InChI is InChI=1S/C12H23NO/c1-4-12(3,11(13)14)10-7-5-9(2)6-8-10/h9-10H,4-8H2,1-3H3,(H2,13,14). The number of rotatable bonds is 3. The van der Waals surface area contributed by atoms with E-state index in [1.165, 1.54) is 25.7 Å². The number of carbonyl (C=O) groups is 1. The van der Waals surface area contributed by atoms with Crippen molar-refractivity contribution in [1.29, 1.82) is 0 Å². The van der Waals surface area contributed by atoms with Crippen LogP contribution in [-0.4, -0.2) is 5.91 Å². The van der Waals surface area contributed by atoms with Gasteiger partial charge in [0.25, 0.3) is 0 Å². The summed E-state index contributed by atoms with van der Waals surface area (Å²) in [5, 5.41) is 0. The van der Waals surface area contributed by atoms with Crippen LogP contribution in [0.25, 0.3) is 0 Å². The largest absolute Gasteiger partial charge is 0.369 e. The first kappa shape index (κ1) is 11.5. The van der Waals surface area contributed by atoms with Crippen molar-refractivity contribution in [3.05, 3.63) is 0 Å². The monoisotopic (exact) mass is 197 g/mol. The number of nitrogens with two attached hydrogens (primary N) is 1. The SMILES string of the molecule is CCC(C)(C(N)=O)C1CCC(C)CC1. The molecule has 0 aromatic rings. The van der Waals surface area contributed by atoms with Crippen molar-refractivity contribution in [3.63, 3.8) is 0 Å². The van der Waals surface area contributed by atoms with Crippen LogP contribution in [0.15, 0.2) is 0 Å². The van der Waals surface area contributed by atoms with Gasteiger partial charge in [-0.3, -0.25) is 4.79 Å². The Kier molecular flexibility index (Phi) is 3.57. The molecule has 0 radical (unpaired) electrons. The molecule has 1 atom stereocenters. The van der Waals surface area contributed by atoms with Crippen LogP contribution in [0, 0.1) is 17.3 Å². The number of hydrogen-bond acceptors (Lipinski definition) is 1. The van der Waals surface area contributed by atoms with Crippen LogP contribution in [0.3, 0.4) is 0 Å². The molecule has 2 N–H and O–H groups in total. The maximum atomic E-state index is 11.5. The molecule has 1 rings (SSSR count). The molecule has 1 saturated carbocycles. The molecule has 1 aliphatic rings. The Bertz CT molecular complexity index is 206. The van der Waals surface area contributed by atoms with Crippen molar-refractivity contribution in [2.75, 3.05) is 0 Å². The zero-order chi connectivity index (χ0) is 10.8. The minimum atomic E-state index is -0.264. The quantitative estimate of drug-likeness (QED) is 0.742. The van der Waals surface area contributed by atoms with Gasteiger partial charge in [0.2, 0.25) is 5.91 Å². The minimum Gasteiger partial charge on any atom is -0.369 e. The maximum Gasteiger partial charge on any atom is 0.223 e. The summed E-state index contributed by atoms with van der Waals surface area (Å²) in [7, 11) is 0. The van der Waals surface area contributed by atoms with Crippen molar-refractivity contribution < 1.29 is 4.79 Å². The van der Waals surface area contributed by atoms with Crippen molar-refractivity contribution in [2.24, 2.45) is 23.0 Å². The molecule has 82 valence electrons. The summed E-state index contributed by atoms with van der Waals surface area (Å²) in [5.41, 5.74) is 5.24. The van der Waals surface area contributed by atoms with Gasteiger partial charge in [-0.1, -0.05) is 33.6 Å². The summed E-state index contributed by atoms with van der Waals surface area (Å²) in [4.78, 5) is 11.5. The number of carbonyl (C=O) groups excluding carboxylic acids is 1. The Balaban J connectivity index is 2.66. The molecule has 0 bridgehead atoms. The van der Waals surface area contributed by atoms with Crippen LogP contribution in [0.5, 0.6) is 0 Å². The van der Waals surface area contributed by atoms with E-state index < -0.39 is 0 Å². The molecule has 0 aliphatic heterocycles. The smallest absolute Gasteiger partial charge is 0.223 e. The fourth-order valence-corrected chi connectivity index (χ4v) is 2.56. The second-order valence-electron chi connectivity index (χ2n) is 5.09. The van der Waals surface area contributed by atoms with E-state index in [1.807, 2.05) is 6.92 Å². The van der Waals surface area contributed by atoms with Gasteiger partial charge in [-0.05, 0) is 31.1 Å². The zero-order valence-electron chi connectivity index (χ0n) is 9.68. The van der Waals surface area contributed by atoms with E-state index in [2.05, 4.69) is 13.8 Å². The van der Waals surface area contributed by atoms with E-state index >= 15 is 0 Å². The van der Waals surface area contributed by atoms with Crippen LogP contribution in [0.4, 0.5) is 0 Å². The van der Waals surface area contributed by atoms with E-state index in [4.69, 9.17) is 5.73 Å². The molecule has 1 amide bonds. The molecule has 0 saturated heterocycles. The molecule has 14 heavy (non-hydrogen) atoms. The third-order valence-electron chi connectivity index (χ3n) is 4.21. The number of hydrogen-bond donors (Lipinski definition) is 1. The average Bonchev–Trinajstić information content (AvgIpc) is 2.17. The molecular weight excluding hydrogens is 174 g/mol. The Labute approximate surface area is 87.2 Å². The van der Waals surface area contributed by atoms with Gasteiger partial charge >= 0.3 is 0 Å². The normalized spacial score (nSPS) is 32.2. The van der Waals surface area contributed by atoms with E-state index in [0.29, 0.717) is 5.92 Å². The molecule has 1 aliphatic carbocycles. The fourth-order valence-electron chi connectivity index (χ4n) is 2.56. The molecule has 0 heterocycles. The van der Waals surface area contributed by atoms with Crippen molar-refractivity contribution in [1.82, 2.24) is 0 Å². The van der Waals surface area contributed by atoms with Crippen molar-refractivity contribution in [3.8, 4) is 0 Å². The zero-order valence-corrected chi connectivity index (χ0v) is 9.68. The van der Waals surface area contributed by atoms with Crippen LogP contribution >= 0.6 is 0 Å². The van der Waals surface area contributed by atoms with Crippen molar-refractivity contribution >= 4 is 5.91 Å². The summed E-state index contributed by atoms with van der Waals surface area (Å²) in [6.07, 6.45) is 5.74. The fraction of sp³-hybridized carbons (Fsp3) is 0.917. The lowest BCUT2D eigenvalue weighted by atomic mass is 9.66. The summed E-state index contributed by atoms with van der Waals surface area (Å²) in [5.74, 6) is 1.24. The molecule has 1 unspecified atom stereocenters. The van der Waals surface area contributed by atoms with Gasteiger partial charge < -0.3 is 5.73 Å². The van der Waals surface area contributed by atoms with Gasteiger partial charge in [0.15, 0.2) is 0 Å². The van der Waals surface area contributed by atoms with E-state index in [9.17, 15) is 4.79 Å². The highest BCUT2D eigenvalue weighted by Crippen LogP contribution is 2.42. The summed E-state index contributed by atoms with van der Waals surface area (Å²) in [6, 6.07) is 0. The lowest BCUT2D eigenvalue weighted by Gasteiger charge is -2.38. The highest BCUT2D eigenvalue weighted by atomic mass is 16.1. The summed E-state index contributed by atoms with van der Waals surface area (Å²) in [6.45, 7) is 6.41.